The summed E-state index contributed by atoms with van der Waals surface area (Å²) >= 11 is 0. The molecule has 0 atom stereocenters. The summed E-state index contributed by atoms with van der Waals surface area (Å²) in [5.41, 5.74) is -1.51. The number of aliphatic hydroxyl groups is 1. The molecule has 1 aromatic carbocycles. The topological polar surface area (TPSA) is 57.5 Å². The Morgan fingerprint density at radius 3 is 2.50 bits per heavy atom. The molecule has 0 bridgehead atoms. The summed E-state index contributed by atoms with van der Waals surface area (Å²) in [5.74, 6) is -3.23. The summed E-state index contributed by atoms with van der Waals surface area (Å²) in [7, 11) is 0. The first-order chi connectivity index (χ1) is 7.42. The summed E-state index contributed by atoms with van der Waals surface area (Å²) < 4.78 is 26.0. The van der Waals surface area contributed by atoms with Crippen molar-refractivity contribution in [1.82, 2.24) is 0 Å². The molecular weight excluding hydrogens is 218 g/mol. The van der Waals surface area contributed by atoms with Crippen LogP contribution in [0, 0.1) is 17.6 Å². The fourth-order valence-corrected chi connectivity index (χ4v) is 2.02. The van der Waals surface area contributed by atoms with Crippen molar-refractivity contribution in [3.8, 4) is 0 Å². The largest absolute Gasteiger partial charge is 0.481 e. The number of rotatable bonds is 2. The van der Waals surface area contributed by atoms with Crippen LogP contribution < -0.4 is 0 Å². The van der Waals surface area contributed by atoms with Crippen LogP contribution in [0.1, 0.15) is 18.4 Å². The third-order valence-electron chi connectivity index (χ3n) is 2.95. The number of carbonyl (C=O) groups is 1. The minimum Gasteiger partial charge on any atom is -0.481 e. The van der Waals surface area contributed by atoms with Crippen LogP contribution in [0.5, 0.6) is 0 Å². The van der Waals surface area contributed by atoms with Crippen LogP contribution in [0.25, 0.3) is 0 Å². The van der Waals surface area contributed by atoms with E-state index in [1.54, 1.807) is 0 Å². The summed E-state index contributed by atoms with van der Waals surface area (Å²) in [4.78, 5) is 10.6. The molecule has 1 aliphatic carbocycles. The maximum atomic E-state index is 13.3. The van der Waals surface area contributed by atoms with Gasteiger partial charge in [0.05, 0.1) is 11.5 Å². The van der Waals surface area contributed by atoms with E-state index in [4.69, 9.17) is 5.11 Å². The Balaban J connectivity index is 2.23. The second-order valence-corrected chi connectivity index (χ2v) is 4.10. The molecule has 1 aromatic rings. The summed E-state index contributed by atoms with van der Waals surface area (Å²) in [6, 6.07) is 2.88. The molecule has 1 fully saturated rings. The van der Waals surface area contributed by atoms with E-state index in [0.29, 0.717) is 6.07 Å². The summed E-state index contributed by atoms with van der Waals surface area (Å²) in [6.45, 7) is 0. The van der Waals surface area contributed by atoms with Gasteiger partial charge in [0.15, 0.2) is 0 Å². The zero-order valence-corrected chi connectivity index (χ0v) is 8.28. The van der Waals surface area contributed by atoms with Crippen LogP contribution in [0.2, 0.25) is 0 Å². The van der Waals surface area contributed by atoms with Crippen molar-refractivity contribution in [3.05, 3.63) is 35.4 Å². The smallest absolute Gasteiger partial charge is 0.306 e. The predicted molar refractivity (Wildman–Crippen MR) is 50.6 cm³/mol. The van der Waals surface area contributed by atoms with Gasteiger partial charge in [-0.1, -0.05) is 6.07 Å². The molecule has 0 aliphatic heterocycles. The molecule has 1 aliphatic rings. The van der Waals surface area contributed by atoms with Crippen molar-refractivity contribution >= 4 is 5.97 Å². The number of benzene rings is 1. The Bertz CT molecular complexity index is 439. The van der Waals surface area contributed by atoms with Crippen molar-refractivity contribution in [2.24, 2.45) is 5.92 Å². The number of carboxylic acids is 1. The van der Waals surface area contributed by atoms with E-state index in [1.807, 2.05) is 0 Å². The predicted octanol–water partition coefficient (Wildman–Crippen LogP) is 1.65. The highest BCUT2D eigenvalue weighted by atomic mass is 19.1. The van der Waals surface area contributed by atoms with E-state index in [-0.39, 0.29) is 18.4 Å². The highest BCUT2D eigenvalue weighted by Gasteiger charge is 2.48. The second kappa shape index (κ2) is 3.52. The van der Waals surface area contributed by atoms with E-state index >= 15 is 0 Å². The summed E-state index contributed by atoms with van der Waals surface area (Å²) in [6.07, 6.45) is -0.0736. The zero-order chi connectivity index (χ0) is 11.9. The SMILES string of the molecule is O=C(O)C1CC(O)(c2ccc(F)cc2F)C1. The Labute approximate surface area is 90.3 Å². The van der Waals surface area contributed by atoms with Crippen LogP contribution in [0.4, 0.5) is 8.78 Å². The molecule has 0 spiro atoms. The fourth-order valence-electron chi connectivity index (χ4n) is 2.02. The Kier molecular flexibility index (Phi) is 2.42. The van der Waals surface area contributed by atoms with Crippen molar-refractivity contribution in [3.63, 3.8) is 0 Å². The maximum Gasteiger partial charge on any atom is 0.306 e. The van der Waals surface area contributed by atoms with E-state index in [1.165, 1.54) is 0 Å². The first-order valence-corrected chi connectivity index (χ1v) is 4.83. The molecule has 86 valence electrons. The molecule has 2 rings (SSSR count). The van der Waals surface area contributed by atoms with Gasteiger partial charge in [0.1, 0.15) is 11.6 Å². The zero-order valence-electron chi connectivity index (χ0n) is 8.28. The minimum atomic E-state index is -1.47. The number of aliphatic carboxylic acids is 1. The third kappa shape index (κ3) is 1.67. The van der Waals surface area contributed by atoms with Gasteiger partial charge in [0.2, 0.25) is 0 Å². The second-order valence-electron chi connectivity index (χ2n) is 4.10. The van der Waals surface area contributed by atoms with Gasteiger partial charge in [-0.15, -0.1) is 0 Å². The van der Waals surface area contributed by atoms with E-state index < -0.39 is 29.1 Å². The lowest BCUT2D eigenvalue weighted by atomic mass is 9.67. The lowest BCUT2D eigenvalue weighted by Gasteiger charge is -2.41. The van der Waals surface area contributed by atoms with E-state index in [0.717, 1.165) is 12.1 Å². The monoisotopic (exact) mass is 228 g/mol. The first-order valence-electron chi connectivity index (χ1n) is 4.83. The van der Waals surface area contributed by atoms with Gasteiger partial charge in [0, 0.05) is 11.6 Å². The van der Waals surface area contributed by atoms with Crippen LogP contribution in [-0.4, -0.2) is 16.2 Å². The number of hydrogen-bond donors (Lipinski definition) is 2. The normalized spacial score (nSPS) is 28.6. The van der Waals surface area contributed by atoms with Crippen LogP contribution in [0.3, 0.4) is 0 Å². The molecular formula is C11H10F2O3. The lowest BCUT2D eigenvalue weighted by molar-refractivity contribution is -0.159. The molecule has 1 saturated carbocycles. The van der Waals surface area contributed by atoms with Crippen LogP contribution in [0.15, 0.2) is 18.2 Å². The highest BCUT2D eigenvalue weighted by molar-refractivity contribution is 5.71. The van der Waals surface area contributed by atoms with Gasteiger partial charge >= 0.3 is 5.97 Å². The van der Waals surface area contributed by atoms with Gasteiger partial charge in [-0.05, 0) is 18.9 Å². The third-order valence-corrected chi connectivity index (χ3v) is 2.95. The Morgan fingerprint density at radius 2 is 2.00 bits per heavy atom. The quantitative estimate of drug-likeness (QED) is 0.809. The van der Waals surface area contributed by atoms with Crippen molar-refractivity contribution in [2.45, 2.75) is 18.4 Å². The molecule has 0 aromatic heterocycles. The van der Waals surface area contributed by atoms with Crippen molar-refractivity contribution in [1.29, 1.82) is 0 Å². The molecule has 5 heteroatoms. The lowest BCUT2D eigenvalue weighted by Crippen LogP contribution is -2.45. The number of carboxylic acid groups (broad SMARTS) is 1. The van der Waals surface area contributed by atoms with Crippen LogP contribution in [-0.2, 0) is 10.4 Å². The number of hydrogen-bond acceptors (Lipinski definition) is 2. The summed E-state index contributed by atoms with van der Waals surface area (Å²) in [5, 5.41) is 18.6. The first kappa shape index (κ1) is 11.0. The molecule has 0 saturated heterocycles. The molecule has 16 heavy (non-hydrogen) atoms. The number of halogens is 2. The van der Waals surface area contributed by atoms with Crippen molar-refractivity contribution in [2.75, 3.05) is 0 Å². The average molecular weight is 228 g/mol. The average Bonchev–Trinajstić information content (AvgIpc) is 2.12. The maximum absolute atomic E-state index is 13.3. The van der Waals surface area contributed by atoms with Gasteiger partial charge in [0.25, 0.3) is 0 Å². The highest BCUT2D eigenvalue weighted by Crippen LogP contribution is 2.46. The molecule has 0 radical (unpaired) electrons. The molecule has 0 amide bonds. The minimum absolute atomic E-state index is 0.0357. The van der Waals surface area contributed by atoms with Crippen molar-refractivity contribution < 1.29 is 23.8 Å². The standard InChI is InChI=1S/C11H10F2O3/c12-7-1-2-8(9(13)3-7)11(16)4-6(5-11)10(14)15/h1-3,6,16H,4-5H2,(H,14,15). The van der Waals surface area contributed by atoms with Crippen LogP contribution >= 0.6 is 0 Å². The molecule has 2 N–H and O–H groups in total. The molecule has 3 nitrogen and oxygen atoms in total. The Morgan fingerprint density at radius 1 is 1.38 bits per heavy atom. The van der Waals surface area contributed by atoms with Gasteiger partial charge in [-0.25, -0.2) is 8.78 Å². The molecule has 0 unspecified atom stereocenters. The van der Waals surface area contributed by atoms with E-state index in [9.17, 15) is 18.7 Å². The molecule has 0 heterocycles. The Hall–Kier alpha value is -1.49. The van der Waals surface area contributed by atoms with Gasteiger partial charge in [-0.3, -0.25) is 4.79 Å². The van der Waals surface area contributed by atoms with E-state index in [2.05, 4.69) is 0 Å². The van der Waals surface area contributed by atoms with Gasteiger partial charge in [-0.2, -0.15) is 0 Å². The van der Waals surface area contributed by atoms with Gasteiger partial charge < -0.3 is 10.2 Å². The fraction of sp³-hybridized carbons (Fsp3) is 0.364.